The smallest absolute Gasteiger partial charge is 0.234 e. The van der Waals surface area contributed by atoms with Gasteiger partial charge in [0.2, 0.25) is 10.9 Å². The molecule has 0 aliphatic carbocycles. The molecule has 1 aromatic carbocycles. The molecule has 1 N–H and O–H groups in total. The topological polar surface area (TPSA) is 81.4 Å². The number of ether oxygens (including phenoxy) is 1. The number of aromatic nitrogens is 4. The zero-order chi connectivity index (χ0) is 17.8. The third-order valence-electron chi connectivity index (χ3n) is 3.79. The van der Waals surface area contributed by atoms with Crippen LogP contribution in [0, 0.1) is 0 Å². The largest absolute Gasteiger partial charge is 0.497 e. The zero-order valence-corrected chi connectivity index (χ0v) is 15.3. The first kappa shape index (κ1) is 17.3. The first-order chi connectivity index (χ1) is 12.1. The number of nitrogens with zero attached hydrogens (tertiary/aromatic N) is 4. The lowest BCUT2D eigenvalue weighted by Crippen LogP contribution is -2.23. The van der Waals surface area contributed by atoms with Gasteiger partial charge < -0.3 is 10.1 Å². The second kappa shape index (κ2) is 7.60. The van der Waals surface area contributed by atoms with E-state index in [0.29, 0.717) is 19.4 Å². The lowest BCUT2D eigenvalue weighted by molar-refractivity contribution is -0.121. The monoisotopic (exact) mass is 359 g/mol. The maximum Gasteiger partial charge on any atom is 0.234 e. The van der Waals surface area contributed by atoms with E-state index in [2.05, 4.69) is 34.5 Å². The molecule has 7 nitrogen and oxygen atoms in total. The molecule has 0 radical (unpaired) electrons. The fourth-order valence-electron chi connectivity index (χ4n) is 2.39. The van der Waals surface area contributed by atoms with Crippen LogP contribution in [0.3, 0.4) is 0 Å². The molecule has 0 saturated carbocycles. The fraction of sp³-hybridized carbons (Fsp3) is 0.412. The van der Waals surface area contributed by atoms with Crippen molar-refractivity contribution in [3.63, 3.8) is 0 Å². The average molecular weight is 359 g/mol. The molecular formula is C17H21N5O2S. The summed E-state index contributed by atoms with van der Waals surface area (Å²) in [4.78, 5) is 12.8. The van der Waals surface area contributed by atoms with Gasteiger partial charge in [-0.3, -0.25) is 4.79 Å². The summed E-state index contributed by atoms with van der Waals surface area (Å²) in [6.45, 7) is 4.62. The van der Waals surface area contributed by atoms with Crippen LogP contribution in [-0.4, -0.2) is 32.8 Å². The molecule has 2 heterocycles. The third-order valence-corrected chi connectivity index (χ3v) is 4.75. The molecule has 8 heteroatoms. The van der Waals surface area contributed by atoms with Crippen LogP contribution < -0.4 is 10.1 Å². The maximum absolute atomic E-state index is 12.0. The summed E-state index contributed by atoms with van der Waals surface area (Å²) < 4.78 is 6.90. The lowest BCUT2D eigenvalue weighted by Gasteiger charge is -2.05. The minimum atomic E-state index is 0.00543. The van der Waals surface area contributed by atoms with E-state index in [9.17, 15) is 4.79 Å². The number of carbonyl (C=O) groups excluding carboxylic acids is 1. The molecule has 3 aromatic rings. The normalized spacial score (nSPS) is 11.2. The van der Waals surface area contributed by atoms with E-state index >= 15 is 0 Å². The second-order valence-electron chi connectivity index (χ2n) is 6.03. The number of fused-ring (bicyclic) bond motifs is 1. The van der Waals surface area contributed by atoms with Crippen molar-refractivity contribution in [2.24, 2.45) is 0 Å². The molecule has 132 valence electrons. The van der Waals surface area contributed by atoms with E-state index < -0.39 is 0 Å². The van der Waals surface area contributed by atoms with Crippen LogP contribution in [0.1, 0.15) is 42.6 Å². The Balaban J connectivity index is 1.51. The van der Waals surface area contributed by atoms with Gasteiger partial charge in [0.15, 0.2) is 5.82 Å². The molecule has 3 rings (SSSR count). The Bertz CT molecular complexity index is 854. The third kappa shape index (κ3) is 4.14. The summed E-state index contributed by atoms with van der Waals surface area (Å²) in [5, 5.41) is 16.6. The Hall–Kier alpha value is -2.48. The van der Waals surface area contributed by atoms with Crippen molar-refractivity contribution >= 4 is 22.2 Å². The van der Waals surface area contributed by atoms with Gasteiger partial charge in [0, 0.05) is 25.3 Å². The molecule has 1 amide bonds. The van der Waals surface area contributed by atoms with Crippen molar-refractivity contribution in [1.29, 1.82) is 0 Å². The van der Waals surface area contributed by atoms with Crippen molar-refractivity contribution < 1.29 is 9.53 Å². The highest BCUT2D eigenvalue weighted by atomic mass is 32.1. The molecule has 2 aromatic heterocycles. The summed E-state index contributed by atoms with van der Waals surface area (Å²) in [7, 11) is 1.63. The van der Waals surface area contributed by atoms with E-state index in [1.165, 1.54) is 11.3 Å². The zero-order valence-electron chi connectivity index (χ0n) is 14.5. The number of carbonyl (C=O) groups is 1. The Morgan fingerprint density at radius 1 is 1.28 bits per heavy atom. The van der Waals surface area contributed by atoms with Crippen molar-refractivity contribution in [3.05, 3.63) is 40.7 Å². The van der Waals surface area contributed by atoms with Crippen LogP contribution in [0.2, 0.25) is 0 Å². The fourth-order valence-corrected chi connectivity index (χ4v) is 3.23. The van der Waals surface area contributed by atoms with Crippen LogP contribution in [0.15, 0.2) is 24.3 Å². The molecule has 0 aliphatic heterocycles. The van der Waals surface area contributed by atoms with Gasteiger partial charge in [-0.05, 0) is 17.7 Å². The standard InChI is InChI=1S/C17H21N5O2S/c1-11(2)16-19-20-17-22(16)21-15(25-17)9-8-14(23)18-10-12-4-6-13(24-3)7-5-12/h4-7,11H,8-10H2,1-3H3,(H,18,23). The van der Waals surface area contributed by atoms with Gasteiger partial charge in [0.05, 0.1) is 7.11 Å². The second-order valence-corrected chi connectivity index (χ2v) is 7.07. The lowest BCUT2D eigenvalue weighted by atomic mass is 10.2. The number of nitrogens with one attached hydrogen (secondary N) is 1. The maximum atomic E-state index is 12.0. The molecule has 0 fully saturated rings. The summed E-state index contributed by atoms with van der Waals surface area (Å²) in [6, 6.07) is 7.64. The Morgan fingerprint density at radius 3 is 2.72 bits per heavy atom. The predicted octanol–water partition coefficient (Wildman–Crippen LogP) is 2.57. The molecule has 0 bridgehead atoms. The molecule has 0 unspecified atom stereocenters. The molecule has 0 aliphatic rings. The molecule has 25 heavy (non-hydrogen) atoms. The number of benzene rings is 1. The number of hydrogen-bond donors (Lipinski definition) is 1. The van der Waals surface area contributed by atoms with Gasteiger partial charge in [0.1, 0.15) is 10.8 Å². The van der Waals surface area contributed by atoms with Crippen molar-refractivity contribution in [2.45, 2.75) is 39.2 Å². The summed E-state index contributed by atoms with van der Waals surface area (Å²) in [6.07, 6.45) is 0.997. The van der Waals surface area contributed by atoms with Crippen LogP contribution >= 0.6 is 11.3 Å². The highest BCUT2D eigenvalue weighted by molar-refractivity contribution is 7.16. The van der Waals surface area contributed by atoms with E-state index in [0.717, 1.165) is 27.1 Å². The minimum Gasteiger partial charge on any atom is -0.497 e. The van der Waals surface area contributed by atoms with Crippen molar-refractivity contribution in [1.82, 2.24) is 25.1 Å². The van der Waals surface area contributed by atoms with Gasteiger partial charge in [-0.25, -0.2) is 0 Å². The van der Waals surface area contributed by atoms with Gasteiger partial charge in [-0.2, -0.15) is 9.61 Å². The SMILES string of the molecule is COc1ccc(CNC(=O)CCc2nn3c(C(C)C)nnc3s2)cc1. The molecular weight excluding hydrogens is 338 g/mol. The Morgan fingerprint density at radius 2 is 2.04 bits per heavy atom. The Kier molecular flexibility index (Phi) is 5.28. The van der Waals surface area contributed by atoms with E-state index in [1.54, 1.807) is 11.6 Å². The van der Waals surface area contributed by atoms with Crippen molar-refractivity contribution in [3.8, 4) is 5.75 Å². The van der Waals surface area contributed by atoms with Gasteiger partial charge in [-0.15, -0.1) is 10.2 Å². The highest BCUT2D eigenvalue weighted by Crippen LogP contribution is 2.19. The number of aryl methyl sites for hydroxylation is 1. The number of methoxy groups -OCH3 is 1. The quantitative estimate of drug-likeness (QED) is 0.701. The molecule has 0 atom stereocenters. The summed E-state index contributed by atoms with van der Waals surface area (Å²) in [5.74, 6) is 1.92. The predicted molar refractivity (Wildman–Crippen MR) is 95.9 cm³/mol. The van der Waals surface area contributed by atoms with E-state index in [-0.39, 0.29) is 11.8 Å². The van der Waals surface area contributed by atoms with Crippen LogP contribution in [-0.2, 0) is 17.8 Å². The number of hydrogen-bond acceptors (Lipinski definition) is 6. The molecule has 0 saturated heterocycles. The molecule has 0 spiro atoms. The number of amides is 1. The number of rotatable bonds is 7. The average Bonchev–Trinajstić information content (AvgIpc) is 3.18. The van der Waals surface area contributed by atoms with Crippen LogP contribution in [0.25, 0.3) is 4.96 Å². The Labute approximate surface area is 150 Å². The van der Waals surface area contributed by atoms with Crippen LogP contribution in [0.5, 0.6) is 5.75 Å². The van der Waals surface area contributed by atoms with Crippen LogP contribution in [0.4, 0.5) is 0 Å². The summed E-state index contributed by atoms with van der Waals surface area (Å²) >= 11 is 1.48. The first-order valence-corrected chi connectivity index (χ1v) is 8.99. The van der Waals surface area contributed by atoms with Gasteiger partial charge >= 0.3 is 0 Å². The summed E-state index contributed by atoms with van der Waals surface area (Å²) in [5.41, 5.74) is 1.04. The van der Waals surface area contributed by atoms with E-state index in [1.807, 2.05) is 24.3 Å². The van der Waals surface area contributed by atoms with Gasteiger partial charge in [-0.1, -0.05) is 37.3 Å². The first-order valence-electron chi connectivity index (χ1n) is 8.17. The minimum absolute atomic E-state index is 0.00543. The van der Waals surface area contributed by atoms with Gasteiger partial charge in [0.25, 0.3) is 0 Å². The van der Waals surface area contributed by atoms with Crippen molar-refractivity contribution in [2.75, 3.05) is 7.11 Å². The van der Waals surface area contributed by atoms with E-state index in [4.69, 9.17) is 4.74 Å². The highest BCUT2D eigenvalue weighted by Gasteiger charge is 2.14.